The van der Waals surface area contributed by atoms with Gasteiger partial charge in [0.1, 0.15) is 0 Å². The third-order valence-corrected chi connectivity index (χ3v) is 2.06. The number of benzene rings is 1. The van der Waals surface area contributed by atoms with E-state index in [1.807, 2.05) is 30.3 Å². The molecule has 0 unspecified atom stereocenters. The van der Waals surface area contributed by atoms with E-state index in [4.69, 9.17) is 0 Å². The molecule has 0 amide bonds. The smallest absolute Gasteiger partial charge is 0.0582 e. The van der Waals surface area contributed by atoms with Crippen LogP contribution in [0, 0.1) is 11.8 Å². The molecule has 1 aromatic carbocycles. The van der Waals surface area contributed by atoms with E-state index in [0.717, 1.165) is 18.2 Å². The van der Waals surface area contributed by atoms with Crippen LogP contribution in [0.25, 0.3) is 0 Å². The molecule has 1 aliphatic carbocycles. The van der Waals surface area contributed by atoms with E-state index < -0.39 is 0 Å². The number of hydrogen-bond donors (Lipinski definition) is 1. The maximum absolute atomic E-state index is 3.35. The summed E-state index contributed by atoms with van der Waals surface area (Å²) in [6, 6.07) is 10.9. The van der Waals surface area contributed by atoms with Crippen LogP contribution < -0.4 is 17.7 Å². The Morgan fingerprint density at radius 2 is 1.93 bits per heavy atom. The van der Waals surface area contributed by atoms with Gasteiger partial charge in [0.25, 0.3) is 0 Å². The van der Waals surface area contributed by atoms with Crippen molar-refractivity contribution in [1.29, 1.82) is 0 Å². The first-order valence-corrected chi connectivity index (χ1v) is 4.72. The van der Waals surface area contributed by atoms with Crippen molar-refractivity contribution in [2.24, 2.45) is 0 Å². The van der Waals surface area contributed by atoms with Gasteiger partial charge in [0.2, 0.25) is 0 Å². The Morgan fingerprint density at radius 3 is 2.57 bits per heavy atom. The summed E-state index contributed by atoms with van der Waals surface area (Å²) in [4.78, 5) is 0. The standard InChI is InChI=1S/C12H13N.ClH/c1-2-5-11(6-3-1)7-4-10-13-12-8-9-12;/h1-3,5-6,12-13H,8-10H2;1H/p-1. The molecular weight excluding hydrogens is 194 g/mol. The molecule has 0 radical (unpaired) electrons. The molecule has 0 aromatic heterocycles. The lowest BCUT2D eigenvalue weighted by Crippen LogP contribution is -3.00. The zero-order chi connectivity index (χ0) is 8.93. The van der Waals surface area contributed by atoms with E-state index >= 15 is 0 Å². The number of nitrogens with one attached hydrogen (secondary N) is 1. The lowest BCUT2D eigenvalue weighted by atomic mass is 10.2. The maximum Gasteiger partial charge on any atom is 0.0582 e. The second-order valence-electron chi connectivity index (χ2n) is 3.32. The molecule has 0 saturated heterocycles. The Hall–Kier alpha value is -0.970. The summed E-state index contributed by atoms with van der Waals surface area (Å²) in [5.41, 5.74) is 1.10. The molecule has 0 atom stereocenters. The van der Waals surface area contributed by atoms with Crippen molar-refractivity contribution < 1.29 is 12.4 Å². The number of halogens is 1. The molecule has 0 spiro atoms. The second kappa shape index (κ2) is 5.70. The van der Waals surface area contributed by atoms with Crippen LogP contribution in [0.2, 0.25) is 0 Å². The third-order valence-electron chi connectivity index (χ3n) is 2.06. The van der Waals surface area contributed by atoms with Crippen molar-refractivity contribution in [2.75, 3.05) is 6.54 Å². The summed E-state index contributed by atoms with van der Waals surface area (Å²) in [5, 5.41) is 3.35. The third kappa shape index (κ3) is 3.83. The molecule has 2 rings (SSSR count). The van der Waals surface area contributed by atoms with Crippen LogP contribution in [0.5, 0.6) is 0 Å². The van der Waals surface area contributed by atoms with Gasteiger partial charge in [-0.15, -0.1) is 0 Å². The SMILES string of the molecule is C(#Cc1ccccc1)CNC1CC1.[Cl-]. The highest BCUT2D eigenvalue weighted by Gasteiger charge is 2.18. The molecular formula is C12H13ClN-. The first-order valence-electron chi connectivity index (χ1n) is 4.72. The molecule has 1 nitrogen and oxygen atoms in total. The van der Waals surface area contributed by atoms with Gasteiger partial charge in [-0.2, -0.15) is 0 Å². The minimum Gasteiger partial charge on any atom is -1.00 e. The maximum atomic E-state index is 3.35. The molecule has 0 bridgehead atoms. The Balaban J connectivity index is 0.000000980. The average molecular weight is 207 g/mol. The topological polar surface area (TPSA) is 12.0 Å². The van der Waals surface area contributed by atoms with Gasteiger partial charge in [0.05, 0.1) is 6.54 Å². The van der Waals surface area contributed by atoms with E-state index in [2.05, 4.69) is 17.2 Å². The van der Waals surface area contributed by atoms with E-state index in [1.165, 1.54) is 12.8 Å². The van der Waals surface area contributed by atoms with Crippen molar-refractivity contribution in [3.63, 3.8) is 0 Å². The number of rotatable bonds is 2. The fourth-order valence-corrected chi connectivity index (χ4v) is 1.15. The van der Waals surface area contributed by atoms with E-state index in [-0.39, 0.29) is 12.4 Å². The van der Waals surface area contributed by atoms with Gasteiger partial charge in [-0.05, 0) is 25.0 Å². The van der Waals surface area contributed by atoms with Crippen LogP contribution in [-0.2, 0) is 0 Å². The Kier molecular flexibility index (Phi) is 4.52. The lowest BCUT2D eigenvalue weighted by molar-refractivity contribution is -0.00000266. The largest absolute Gasteiger partial charge is 1.00 e. The lowest BCUT2D eigenvalue weighted by Gasteiger charge is -1.92. The van der Waals surface area contributed by atoms with Crippen LogP contribution in [0.15, 0.2) is 30.3 Å². The van der Waals surface area contributed by atoms with E-state index in [1.54, 1.807) is 0 Å². The van der Waals surface area contributed by atoms with Crippen LogP contribution >= 0.6 is 0 Å². The zero-order valence-corrected chi connectivity index (χ0v) is 8.72. The van der Waals surface area contributed by atoms with Crippen molar-refractivity contribution in [3.8, 4) is 11.8 Å². The highest BCUT2D eigenvalue weighted by atomic mass is 35.5. The summed E-state index contributed by atoms with van der Waals surface area (Å²) in [7, 11) is 0. The monoisotopic (exact) mass is 206 g/mol. The van der Waals surface area contributed by atoms with Crippen molar-refractivity contribution in [3.05, 3.63) is 35.9 Å². The molecule has 0 aliphatic heterocycles. The van der Waals surface area contributed by atoms with Crippen LogP contribution in [0.1, 0.15) is 18.4 Å². The van der Waals surface area contributed by atoms with Gasteiger partial charge in [-0.3, -0.25) is 0 Å². The van der Waals surface area contributed by atoms with Crippen molar-refractivity contribution >= 4 is 0 Å². The molecule has 2 heteroatoms. The highest BCUT2D eigenvalue weighted by molar-refractivity contribution is 5.33. The molecule has 74 valence electrons. The van der Waals surface area contributed by atoms with Crippen LogP contribution in [-0.4, -0.2) is 12.6 Å². The van der Waals surface area contributed by atoms with Crippen LogP contribution in [0.4, 0.5) is 0 Å². The Morgan fingerprint density at radius 1 is 1.21 bits per heavy atom. The molecule has 1 saturated carbocycles. The first kappa shape index (κ1) is 11.1. The molecule has 1 aromatic rings. The van der Waals surface area contributed by atoms with Crippen molar-refractivity contribution in [1.82, 2.24) is 5.32 Å². The molecule has 14 heavy (non-hydrogen) atoms. The predicted molar refractivity (Wildman–Crippen MR) is 54.3 cm³/mol. The Bertz CT molecular complexity index is 319. The number of hydrogen-bond acceptors (Lipinski definition) is 1. The minimum atomic E-state index is 0. The first-order chi connectivity index (χ1) is 6.45. The fraction of sp³-hybridized carbons (Fsp3) is 0.333. The van der Waals surface area contributed by atoms with Gasteiger partial charge in [0, 0.05) is 11.6 Å². The summed E-state index contributed by atoms with van der Waals surface area (Å²) < 4.78 is 0. The second-order valence-corrected chi connectivity index (χ2v) is 3.32. The molecule has 1 N–H and O–H groups in total. The van der Waals surface area contributed by atoms with E-state index in [0.29, 0.717) is 0 Å². The van der Waals surface area contributed by atoms with Gasteiger partial charge in [-0.1, -0.05) is 30.0 Å². The summed E-state index contributed by atoms with van der Waals surface area (Å²) >= 11 is 0. The Labute approximate surface area is 91.3 Å². The van der Waals surface area contributed by atoms with Crippen molar-refractivity contribution in [2.45, 2.75) is 18.9 Å². The minimum absolute atomic E-state index is 0. The summed E-state index contributed by atoms with van der Waals surface area (Å²) in [6.45, 7) is 0.819. The van der Waals surface area contributed by atoms with Gasteiger partial charge in [-0.25, -0.2) is 0 Å². The average Bonchev–Trinajstić information content (AvgIpc) is 2.98. The van der Waals surface area contributed by atoms with Gasteiger partial charge < -0.3 is 17.7 Å². The zero-order valence-electron chi connectivity index (χ0n) is 7.96. The normalized spacial score (nSPS) is 13.7. The quantitative estimate of drug-likeness (QED) is 0.600. The van der Waals surface area contributed by atoms with Gasteiger partial charge in [0.15, 0.2) is 0 Å². The summed E-state index contributed by atoms with van der Waals surface area (Å²) in [5.74, 6) is 6.23. The van der Waals surface area contributed by atoms with Gasteiger partial charge >= 0.3 is 0 Å². The molecule has 0 heterocycles. The van der Waals surface area contributed by atoms with Crippen LogP contribution in [0.3, 0.4) is 0 Å². The summed E-state index contributed by atoms with van der Waals surface area (Å²) in [6.07, 6.45) is 2.65. The molecule has 1 aliphatic rings. The highest BCUT2D eigenvalue weighted by Crippen LogP contribution is 2.17. The van der Waals surface area contributed by atoms with E-state index in [9.17, 15) is 0 Å². The fourth-order valence-electron chi connectivity index (χ4n) is 1.15. The molecule has 1 fully saturated rings. The predicted octanol–water partition coefficient (Wildman–Crippen LogP) is -1.21.